The lowest BCUT2D eigenvalue weighted by Crippen LogP contribution is -2.39. The number of aromatic nitrogens is 1. The lowest BCUT2D eigenvalue weighted by molar-refractivity contribution is 0.0947. The maximum absolute atomic E-state index is 12.6. The Morgan fingerprint density at radius 3 is 2.71 bits per heavy atom. The number of rotatable bonds is 4. The molecule has 24 heavy (non-hydrogen) atoms. The van der Waals surface area contributed by atoms with Crippen molar-refractivity contribution in [1.82, 2.24) is 10.3 Å². The summed E-state index contributed by atoms with van der Waals surface area (Å²) in [5.74, 6) is 0.298. The van der Waals surface area contributed by atoms with E-state index in [1.54, 1.807) is 18.3 Å². The summed E-state index contributed by atoms with van der Waals surface area (Å²) in [6.07, 6.45) is 9.10. The van der Waals surface area contributed by atoms with Gasteiger partial charge in [-0.05, 0) is 31.1 Å². The fourth-order valence-corrected chi connectivity index (χ4v) is 4.64. The largest absolute Gasteiger partial charge is 0.356 e. The Balaban J connectivity index is 1.76. The Kier molecular flexibility index (Phi) is 4.89. The van der Waals surface area contributed by atoms with E-state index in [-0.39, 0.29) is 11.7 Å². The maximum atomic E-state index is 12.6. The molecule has 1 N–H and O–H groups in total. The van der Waals surface area contributed by atoms with Crippen LogP contribution in [0.3, 0.4) is 0 Å². The molecule has 6 nitrogen and oxygen atoms in total. The van der Waals surface area contributed by atoms with E-state index in [4.69, 9.17) is 0 Å². The van der Waals surface area contributed by atoms with Gasteiger partial charge in [-0.15, -0.1) is 0 Å². The van der Waals surface area contributed by atoms with Crippen molar-refractivity contribution in [1.29, 1.82) is 0 Å². The molecule has 1 atom stereocenters. The molecule has 1 aliphatic heterocycles. The van der Waals surface area contributed by atoms with E-state index < -0.39 is 15.9 Å². The third kappa shape index (κ3) is 3.77. The highest BCUT2D eigenvalue weighted by Crippen LogP contribution is 2.27. The molecule has 1 fully saturated rings. The fraction of sp³-hybridized carbons (Fsp3) is 0.529. The number of carbonyl (C=O) groups is 1. The first kappa shape index (κ1) is 17.0. The average Bonchev–Trinajstić information content (AvgIpc) is 2.93. The molecular formula is C17H23N3O3S. The maximum Gasteiger partial charge on any atom is 0.255 e. The molecule has 3 rings (SSSR count). The number of anilines is 1. The average molecular weight is 349 g/mol. The summed E-state index contributed by atoms with van der Waals surface area (Å²) in [4.78, 5) is 19.1. The standard InChI is InChI=1S/C17H23N3O3S/c1-20(14-6-3-2-4-7-14)16-15(8-5-10-18-16)17(21)19-13-9-11-24(22,23)12-13/h5,8-11,13-14H,2-4,6-7,12H2,1H3,(H,19,21)/t13-/m1/s1. The zero-order valence-electron chi connectivity index (χ0n) is 13.8. The van der Waals surface area contributed by atoms with Gasteiger partial charge in [0.1, 0.15) is 5.82 Å². The highest BCUT2D eigenvalue weighted by Gasteiger charge is 2.27. The molecule has 0 spiro atoms. The van der Waals surface area contributed by atoms with Crippen LogP contribution in [0.2, 0.25) is 0 Å². The Morgan fingerprint density at radius 2 is 2.04 bits per heavy atom. The molecule has 7 heteroatoms. The molecule has 0 unspecified atom stereocenters. The number of amides is 1. The van der Waals surface area contributed by atoms with Gasteiger partial charge in [-0.1, -0.05) is 19.3 Å². The van der Waals surface area contributed by atoms with Gasteiger partial charge in [-0.3, -0.25) is 4.79 Å². The molecule has 0 bridgehead atoms. The van der Waals surface area contributed by atoms with Crippen LogP contribution in [-0.2, 0) is 9.84 Å². The number of hydrogen-bond donors (Lipinski definition) is 1. The number of nitrogens with one attached hydrogen (secondary N) is 1. The molecule has 0 aromatic carbocycles. The molecule has 1 aliphatic carbocycles. The van der Waals surface area contributed by atoms with Crippen LogP contribution < -0.4 is 10.2 Å². The monoisotopic (exact) mass is 349 g/mol. The van der Waals surface area contributed by atoms with Crippen molar-refractivity contribution in [2.45, 2.75) is 44.2 Å². The molecular weight excluding hydrogens is 326 g/mol. The van der Waals surface area contributed by atoms with Crippen molar-refractivity contribution in [3.63, 3.8) is 0 Å². The summed E-state index contributed by atoms with van der Waals surface area (Å²) >= 11 is 0. The number of sulfone groups is 1. The second-order valence-electron chi connectivity index (χ2n) is 6.52. The zero-order valence-corrected chi connectivity index (χ0v) is 14.6. The van der Waals surface area contributed by atoms with Gasteiger partial charge in [0.15, 0.2) is 9.84 Å². The van der Waals surface area contributed by atoms with Gasteiger partial charge >= 0.3 is 0 Å². The van der Waals surface area contributed by atoms with E-state index in [0.29, 0.717) is 17.4 Å². The number of pyridine rings is 1. The summed E-state index contributed by atoms with van der Waals surface area (Å²) < 4.78 is 23.0. The fourth-order valence-electron chi connectivity index (χ4n) is 3.41. The first-order valence-electron chi connectivity index (χ1n) is 8.36. The normalized spacial score (nSPS) is 23.1. The summed E-state index contributed by atoms with van der Waals surface area (Å²) in [5, 5.41) is 3.94. The quantitative estimate of drug-likeness (QED) is 0.898. The van der Waals surface area contributed by atoms with Gasteiger partial charge in [0, 0.05) is 24.7 Å². The number of nitrogens with zero attached hydrogens (tertiary/aromatic N) is 2. The van der Waals surface area contributed by atoms with Crippen molar-refractivity contribution in [2.75, 3.05) is 17.7 Å². The van der Waals surface area contributed by atoms with E-state index in [1.165, 1.54) is 25.3 Å². The Morgan fingerprint density at radius 1 is 1.29 bits per heavy atom. The molecule has 1 aromatic heterocycles. The van der Waals surface area contributed by atoms with Gasteiger partial charge in [0.25, 0.3) is 5.91 Å². The Labute approximate surface area is 142 Å². The van der Waals surface area contributed by atoms with E-state index in [2.05, 4.69) is 15.2 Å². The topological polar surface area (TPSA) is 79.4 Å². The van der Waals surface area contributed by atoms with Gasteiger partial charge in [0.05, 0.1) is 17.4 Å². The van der Waals surface area contributed by atoms with Crippen LogP contribution in [0.5, 0.6) is 0 Å². The molecule has 2 aliphatic rings. The van der Waals surface area contributed by atoms with Crippen LogP contribution >= 0.6 is 0 Å². The van der Waals surface area contributed by atoms with E-state index in [1.807, 2.05) is 7.05 Å². The molecule has 0 saturated heterocycles. The molecule has 1 aromatic rings. The van der Waals surface area contributed by atoms with Crippen molar-refractivity contribution in [3.05, 3.63) is 35.4 Å². The summed E-state index contributed by atoms with van der Waals surface area (Å²) in [6, 6.07) is 3.39. The third-order valence-corrected chi connectivity index (χ3v) is 6.13. The number of carbonyl (C=O) groups excluding carboxylic acids is 1. The SMILES string of the molecule is CN(c1ncccc1C(=O)N[C@@H]1C=CS(=O)(=O)C1)C1CCCCC1. The van der Waals surface area contributed by atoms with Crippen LogP contribution in [0, 0.1) is 0 Å². The minimum Gasteiger partial charge on any atom is -0.356 e. The second kappa shape index (κ2) is 6.93. The molecule has 130 valence electrons. The van der Waals surface area contributed by atoms with Crippen molar-refractivity contribution in [2.24, 2.45) is 0 Å². The zero-order chi connectivity index (χ0) is 17.2. The lowest BCUT2D eigenvalue weighted by Gasteiger charge is -2.33. The number of hydrogen-bond acceptors (Lipinski definition) is 5. The van der Waals surface area contributed by atoms with Crippen LogP contribution in [0.25, 0.3) is 0 Å². The minimum atomic E-state index is -3.19. The van der Waals surface area contributed by atoms with E-state index in [9.17, 15) is 13.2 Å². The predicted octanol–water partition coefficient (Wildman–Crippen LogP) is 1.89. The first-order valence-corrected chi connectivity index (χ1v) is 10.1. The summed E-state index contributed by atoms with van der Waals surface area (Å²) in [6.45, 7) is 0. The highest BCUT2D eigenvalue weighted by molar-refractivity contribution is 7.94. The summed E-state index contributed by atoms with van der Waals surface area (Å²) in [7, 11) is -1.21. The van der Waals surface area contributed by atoms with Crippen molar-refractivity contribution < 1.29 is 13.2 Å². The van der Waals surface area contributed by atoms with Gasteiger partial charge < -0.3 is 10.2 Å². The molecule has 2 heterocycles. The lowest BCUT2D eigenvalue weighted by atomic mass is 9.94. The van der Waals surface area contributed by atoms with Crippen LogP contribution in [0.1, 0.15) is 42.5 Å². The predicted molar refractivity (Wildman–Crippen MR) is 93.7 cm³/mol. The van der Waals surface area contributed by atoms with Gasteiger partial charge in [-0.25, -0.2) is 13.4 Å². The van der Waals surface area contributed by atoms with Crippen molar-refractivity contribution in [3.8, 4) is 0 Å². The molecule has 1 amide bonds. The smallest absolute Gasteiger partial charge is 0.255 e. The highest BCUT2D eigenvalue weighted by atomic mass is 32.2. The van der Waals surface area contributed by atoms with Crippen LogP contribution in [0.15, 0.2) is 29.8 Å². The van der Waals surface area contributed by atoms with Crippen LogP contribution in [0.4, 0.5) is 5.82 Å². The Hall–Kier alpha value is -1.89. The second-order valence-corrected chi connectivity index (χ2v) is 8.45. The third-order valence-electron chi connectivity index (χ3n) is 4.73. The summed E-state index contributed by atoms with van der Waals surface area (Å²) in [5.41, 5.74) is 0.489. The van der Waals surface area contributed by atoms with Crippen molar-refractivity contribution >= 4 is 21.6 Å². The minimum absolute atomic E-state index is 0.0766. The van der Waals surface area contributed by atoms with Gasteiger partial charge in [-0.2, -0.15) is 0 Å². The Bertz CT molecular complexity index is 739. The molecule has 1 saturated carbocycles. The van der Waals surface area contributed by atoms with E-state index >= 15 is 0 Å². The first-order chi connectivity index (χ1) is 11.5. The van der Waals surface area contributed by atoms with E-state index in [0.717, 1.165) is 18.2 Å². The van der Waals surface area contributed by atoms with Gasteiger partial charge in [0.2, 0.25) is 0 Å². The van der Waals surface area contributed by atoms with Crippen LogP contribution in [-0.4, -0.2) is 44.2 Å². The molecule has 0 radical (unpaired) electrons.